The van der Waals surface area contributed by atoms with E-state index >= 15 is 0 Å². The SMILES string of the molecule is C=CCOc1c(Cl)cc(CNCc2ccccn2)cc1OC.Cl. The first-order chi connectivity index (χ1) is 10.7. The summed E-state index contributed by atoms with van der Waals surface area (Å²) in [6.07, 6.45) is 3.45. The van der Waals surface area contributed by atoms with E-state index in [1.807, 2.05) is 30.3 Å². The highest BCUT2D eigenvalue weighted by Gasteiger charge is 2.11. The second kappa shape index (κ2) is 10.1. The molecular formula is C17H20Cl2N2O2. The predicted octanol–water partition coefficient (Wildman–Crippen LogP) is 4.02. The molecule has 4 nitrogen and oxygen atoms in total. The van der Waals surface area contributed by atoms with Crippen molar-refractivity contribution in [2.24, 2.45) is 0 Å². The lowest BCUT2D eigenvalue weighted by atomic mass is 10.2. The Kier molecular flexibility index (Phi) is 8.48. The van der Waals surface area contributed by atoms with Crippen LogP contribution in [0.2, 0.25) is 5.02 Å². The van der Waals surface area contributed by atoms with Crippen LogP contribution < -0.4 is 14.8 Å². The van der Waals surface area contributed by atoms with Crippen molar-refractivity contribution in [3.63, 3.8) is 0 Å². The minimum atomic E-state index is 0. The Morgan fingerprint density at radius 1 is 1.30 bits per heavy atom. The molecule has 1 aromatic heterocycles. The molecule has 0 saturated heterocycles. The van der Waals surface area contributed by atoms with Crippen LogP contribution in [0.4, 0.5) is 0 Å². The Morgan fingerprint density at radius 2 is 2.13 bits per heavy atom. The van der Waals surface area contributed by atoms with Crippen molar-refractivity contribution < 1.29 is 9.47 Å². The number of hydrogen-bond donors (Lipinski definition) is 1. The molecule has 0 saturated carbocycles. The van der Waals surface area contributed by atoms with Gasteiger partial charge in [0.1, 0.15) is 6.61 Å². The normalized spacial score (nSPS) is 9.83. The monoisotopic (exact) mass is 354 g/mol. The predicted molar refractivity (Wildman–Crippen MR) is 95.7 cm³/mol. The molecular weight excluding hydrogens is 335 g/mol. The second-order valence-electron chi connectivity index (χ2n) is 4.63. The highest BCUT2D eigenvalue weighted by Crippen LogP contribution is 2.36. The van der Waals surface area contributed by atoms with E-state index in [9.17, 15) is 0 Å². The summed E-state index contributed by atoms with van der Waals surface area (Å²) in [5.74, 6) is 1.15. The molecule has 0 fully saturated rings. The molecule has 0 radical (unpaired) electrons. The summed E-state index contributed by atoms with van der Waals surface area (Å²) in [5.41, 5.74) is 2.01. The largest absolute Gasteiger partial charge is 0.493 e. The Bertz CT molecular complexity index is 621. The fourth-order valence-electron chi connectivity index (χ4n) is 2.00. The summed E-state index contributed by atoms with van der Waals surface area (Å²) in [7, 11) is 1.59. The Labute approximate surface area is 147 Å². The van der Waals surface area contributed by atoms with E-state index in [1.54, 1.807) is 19.4 Å². The van der Waals surface area contributed by atoms with Crippen molar-refractivity contribution in [3.05, 3.63) is 65.5 Å². The van der Waals surface area contributed by atoms with Gasteiger partial charge < -0.3 is 14.8 Å². The lowest BCUT2D eigenvalue weighted by molar-refractivity contribution is 0.326. The van der Waals surface area contributed by atoms with Crippen molar-refractivity contribution in [3.8, 4) is 11.5 Å². The number of pyridine rings is 1. The third-order valence-corrected chi connectivity index (χ3v) is 3.28. The molecule has 0 aliphatic carbocycles. The maximum absolute atomic E-state index is 6.27. The van der Waals surface area contributed by atoms with Gasteiger partial charge in [-0.15, -0.1) is 12.4 Å². The van der Waals surface area contributed by atoms with E-state index in [1.165, 1.54) is 0 Å². The standard InChI is InChI=1S/C17H19ClN2O2.ClH/c1-3-8-22-17-15(18)9-13(10-16(17)21-2)11-19-12-14-6-4-5-7-20-14;/h3-7,9-10,19H,1,8,11-12H2,2H3;1H. The molecule has 2 aromatic rings. The summed E-state index contributed by atoms with van der Waals surface area (Å²) < 4.78 is 10.9. The van der Waals surface area contributed by atoms with E-state index in [-0.39, 0.29) is 12.4 Å². The first-order valence-corrected chi connectivity index (χ1v) is 7.33. The van der Waals surface area contributed by atoms with Crippen molar-refractivity contribution >= 4 is 24.0 Å². The fourth-order valence-corrected chi connectivity index (χ4v) is 2.28. The molecule has 0 amide bonds. The number of halogens is 2. The first kappa shape index (κ1) is 19.3. The zero-order valence-electron chi connectivity index (χ0n) is 12.9. The molecule has 0 aliphatic rings. The summed E-state index contributed by atoms with van der Waals surface area (Å²) >= 11 is 6.27. The average molecular weight is 355 g/mol. The van der Waals surface area contributed by atoms with Crippen LogP contribution >= 0.6 is 24.0 Å². The van der Waals surface area contributed by atoms with Gasteiger partial charge in [0.25, 0.3) is 0 Å². The summed E-state index contributed by atoms with van der Waals surface area (Å²) in [6.45, 7) is 5.36. The third-order valence-electron chi connectivity index (χ3n) is 3.00. The topological polar surface area (TPSA) is 43.4 Å². The van der Waals surface area contributed by atoms with Gasteiger partial charge in [0.15, 0.2) is 11.5 Å². The van der Waals surface area contributed by atoms with Gasteiger partial charge in [0.05, 0.1) is 17.8 Å². The van der Waals surface area contributed by atoms with E-state index in [2.05, 4.69) is 16.9 Å². The second-order valence-corrected chi connectivity index (χ2v) is 5.04. The van der Waals surface area contributed by atoms with E-state index in [0.29, 0.717) is 36.2 Å². The van der Waals surface area contributed by atoms with Crippen molar-refractivity contribution in [1.29, 1.82) is 0 Å². The Hall–Kier alpha value is -1.75. The van der Waals surface area contributed by atoms with Crippen LogP contribution in [0.25, 0.3) is 0 Å². The van der Waals surface area contributed by atoms with Gasteiger partial charge in [-0.05, 0) is 29.8 Å². The van der Waals surface area contributed by atoms with Crippen LogP contribution in [0, 0.1) is 0 Å². The minimum absolute atomic E-state index is 0. The molecule has 2 rings (SSSR count). The van der Waals surface area contributed by atoms with Crippen LogP contribution in [-0.4, -0.2) is 18.7 Å². The number of nitrogens with zero attached hydrogens (tertiary/aromatic N) is 1. The van der Waals surface area contributed by atoms with Gasteiger partial charge in [-0.1, -0.05) is 30.3 Å². The quantitative estimate of drug-likeness (QED) is 0.727. The average Bonchev–Trinajstić information content (AvgIpc) is 2.54. The van der Waals surface area contributed by atoms with Crippen molar-refractivity contribution in [2.75, 3.05) is 13.7 Å². The molecule has 0 bridgehead atoms. The number of aromatic nitrogens is 1. The molecule has 0 atom stereocenters. The molecule has 0 aliphatic heterocycles. The van der Waals surface area contributed by atoms with Crippen LogP contribution in [0.1, 0.15) is 11.3 Å². The van der Waals surface area contributed by atoms with E-state index < -0.39 is 0 Å². The maximum Gasteiger partial charge on any atom is 0.180 e. The van der Waals surface area contributed by atoms with E-state index in [0.717, 1.165) is 11.3 Å². The number of rotatable bonds is 8. The molecule has 124 valence electrons. The first-order valence-electron chi connectivity index (χ1n) is 6.95. The molecule has 1 N–H and O–H groups in total. The number of ether oxygens (including phenoxy) is 2. The number of nitrogens with one attached hydrogen (secondary N) is 1. The van der Waals surface area contributed by atoms with Gasteiger partial charge in [-0.25, -0.2) is 0 Å². The van der Waals surface area contributed by atoms with Crippen LogP contribution in [0.3, 0.4) is 0 Å². The van der Waals surface area contributed by atoms with Gasteiger partial charge in [0, 0.05) is 19.3 Å². The lowest BCUT2D eigenvalue weighted by Gasteiger charge is -2.13. The lowest BCUT2D eigenvalue weighted by Crippen LogP contribution is -2.13. The molecule has 1 aromatic carbocycles. The number of hydrogen-bond acceptors (Lipinski definition) is 4. The zero-order valence-corrected chi connectivity index (χ0v) is 14.5. The number of benzene rings is 1. The van der Waals surface area contributed by atoms with E-state index in [4.69, 9.17) is 21.1 Å². The minimum Gasteiger partial charge on any atom is -0.493 e. The van der Waals surface area contributed by atoms with Crippen molar-refractivity contribution in [1.82, 2.24) is 10.3 Å². The summed E-state index contributed by atoms with van der Waals surface area (Å²) in [6, 6.07) is 9.63. The van der Waals surface area contributed by atoms with Crippen LogP contribution in [0.15, 0.2) is 49.2 Å². The van der Waals surface area contributed by atoms with Gasteiger partial charge >= 0.3 is 0 Å². The summed E-state index contributed by atoms with van der Waals surface area (Å²) in [5, 5.41) is 3.85. The smallest absolute Gasteiger partial charge is 0.180 e. The van der Waals surface area contributed by atoms with Crippen molar-refractivity contribution in [2.45, 2.75) is 13.1 Å². The molecule has 23 heavy (non-hydrogen) atoms. The van der Waals surface area contributed by atoms with Crippen LogP contribution in [-0.2, 0) is 13.1 Å². The fraction of sp³-hybridized carbons (Fsp3) is 0.235. The van der Waals surface area contributed by atoms with Gasteiger partial charge in [-0.3, -0.25) is 4.98 Å². The van der Waals surface area contributed by atoms with Crippen LogP contribution in [0.5, 0.6) is 11.5 Å². The Morgan fingerprint density at radius 3 is 2.78 bits per heavy atom. The van der Waals surface area contributed by atoms with Gasteiger partial charge in [0.2, 0.25) is 0 Å². The summed E-state index contributed by atoms with van der Waals surface area (Å²) in [4.78, 5) is 4.27. The molecule has 1 heterocycles. The molecule has 0 unspecified atom stereocenters. The zero-order chi connectivity index (χ0) is 15.8. The molecule has 0 spiro atoms. The van der Waals surface area contributed by atoms with Gasteiger partial charge in [-0.2, -0.15) is 0 Å². The highest BCUT2D eigenvalue weighted by atomic mass is 35.5. The highest BCUT2D eigenvalue weighted by molar-refractivity contribution is 6.32. The molecule has 6 heteroatoms. The number of methoxy groups -OCH3 is 1. The maximum atomic E-state index is 6.27. The Balaban J connectivity index is 0.00000264. The third kappa shape index (κ3) is 5.75.